The van der Waals surface area contributed by atoms with Crippen molar-refractivity contribution in [3.05, 3.63) is 77.4 Å². The molecule has 2 aromatic carbocycles. The van der Waals surface area contributed by atoms with E-state index in [2.05, 4.69) is 28.0 Å². The third-order valence-corrected chi connectivity index (χ3v) is 10.2. The number of carbonyl (C=O) groups excluding carboxylic acids is 3. The van der Waals surface area contributed by atoms with E-state index in [1.54, 1.807) is 30.2 Å². The molecule has 3 atom stereocenters. The Balaban J connectivity index is 1.82. The fraction of sp³-hybridized carbons (Fsp3) is 0.500. The van der Waals surface area contributed by atoms with E-state index in [9.17, 15) is 22.8 Å². The molecule has 0 radical (unpaired) electrons. The predicted octanol–water partition coefficient (Wildman–Crippen LogP) is 4.35. The second kappa shape index (κ2) is 15.0. The van der Waals surface area contributed by atoms with Crippen molar-refractivity contribution >= 4 is 40.4 Å². The van der Waals surface area contributed by atoms with Crippen LogP contribution in [0.2, 0.25) is 0 Å². The number of thiol groups is 1. The summed E-state index contributed by atoms with van der Waals surface area (Å²) in [6.45, 7) is 11.7. The minimum Gasteiger partial charge on any atom is -0.342 e. The van der Waals surface area contributed by atoms with Gasteiger partial charge in [-0.3, -0.25) is 14.4 Å². The van der Waals surface area contributed by atoms with E-state index in [0.29, 0.717) is 18.7 Å². The van der Waals surface area contributed by atoms with Gasteiger partial charge in [0.25, 0.3) is 15.9 Å². The van der Waals surface area contributed by atoms with Gasteiger partial charge in [0, 0.05) is 23.3 Å². The van der Waals surface area contributed by atoms with Crippen molar-refractivity contribution in [2.45, 2.75) is 95.0 Å². The largest absolute Gasteiger partial charge is 0.342 e. The molecule has 0 aliphatic carbocycles. The van der Waals surface area contributed by atoms with E-state index in [1.807, 2.05) is 65.0 Å². The summed E-state index contributed by atoms with van der Waals surface area (Å²) in [7, 11) is -2.35. The average molecular weight is 657 g/mol. The van der Waals surface area contributed by atoms with Crippen LogP contribution in [0, 0.1) is 5.41 Å². The lowest BCUT2D eigenvalue weighted by molar-refractivity contribution is -0.142. The number of likely N-dealkylation sites (N-methyl/N-ethyl adjacent to an activating group) is 1. The van der Waals surface area contributed by atoms with Crippen LogP contribution in [0.25, 0.3) is 0 Å². The molecule has 1 aliphatic rings. The Kier molecular flexibility index (Phi) is 12.1. The van der Waals surface area contributed by atoms with E-state index < -0.39 is 44.9 Å². The van der Waals surface area contributed by atoms with Gasteiger partial charge in [-0.15, -0.1) is 0 Å². The topological polar surface area (TPSA) is 125 Å². The number of rotatable bonds is 11. The summed E-state index contributed by atoms with van der Waals surface area (Å²) in [6, 6.07) is 14.0. The summed E-state index contributed by atoms with van der Waals surface area (Å²) in [4.78, 5) is 42.7. The number of sulfonamides is 1. The molecule has 1 saturated heterocycles. The third-order valence-electron chi connectivity index (χ3n) is 8.47. The number of hydrogen-bond acceptors (Lipinski definition) is 7. The number of benzene rings is 2. The van der Waals surface area contributed by atoms with Crippen LogP contribution >= 0.6 is 12.6 Å². The Hall–Kier alpha value is -3.15. The molecule has 0 spiro atoms. The van der Waals surface area contributed by atoms with Crippen LogP contribution in [0.5, 0.6) is 0 Å². The highest BCUT2D eigenvalue weighted by Crippen LogP contribution is 2.30. The monoisotopic (exact) mass is 656 g/mol. The van der Waals surface area contributed by atoms with Crippen molar-refractivity contribution in [1.29, 1.82) is 0 Å². The molecule has 0 aromatic heterocycles. The van der Waals surface area contributed by atoms with E-state index >= 15 is 0 Å². The molecule has 0 saturated carbocycles. The molecule has 11 heteroatoms. The van der Waals surface area contributed by atoms with E-state index in [4.69, 9.17) is 0 Å². The molecule has 0 bridgehead atoms. The minimum absolute atomic E-state index is 0.0253. The second-order valence-corrected chi connectivity index (χ2v) is 15.3. The van der Waals surface area contributed by atoms with Gasteiger partial charge in [0.1, 0.15) is 6.04 Å². The third kappa shape index (κ3) is 8.98. The maximum Gasteiger partial charge on any atom is 0.264 e. The van der Waals surface area contributed by atoms with Crippen LogP contribution in [0.3, 0.4) is 0 Å². The zero-order valence-electron chi connectivity index (χ0n) is 27.4. The first kappa shape index (κ1) is 36.3. The van der Waals surface area contributed by atoms with Crippen molar-refractivity contribution < 1.29 is 22.8 Å². The molecular formula is C34H48N4O5S2. The van der Waals surface area contributed by atoms with Gasteiger partial charge in [-0.1, -0.05) is 83.2 Å². The Morgan fingerprint density at radius 2 is 1.60 bits per heavy atom. The van der Waals surface area contributed by atoms with Gasteiger partial charge in [-0.05, 0) is 61.9 Å². The molecule has 1 unspecified atom stereocenters. The smallest absolute Gasteiger partial charge is 0.264 e. The maximum atomic E-state index is 14.2. The average Bonchev–Trinajstić information content (AvgIpc) is 2.99. The zero-order valence-corrected chi connectivity index (χ0v) is 29.1. The lowest BCUT2D eigenvalue weighted by atomic mass is 9.76. The lowest BCUT2D eigenvalue weighted by Gasteiger charge is -2.41. The highest BCUT2D eigenvalue weighted by molar-refractivity contribution is 7.90. The van der Waals surface area contributed by atoms with E-state index in [0.717, 1.165) is 24.0 Å². The molecule has 3 N–H and O–H groups in total. The fourth-order valence-corrected chi connectivity index (χ4v) is 6.93. The number of hydrogen-bond donors (Lipinski definition) is 4. The highest BCUT2D eigenvalue weighted by Gasteiger charge is 2.42. The molecule has 9 nitrogen and oxygen atoms in total. The summed E-state index contributed by atoms with van der Waals surface area (Å²) in [5.74, 6) is -0.819. The zero-order chi connectivity index (χ0) is 33.6. The summed E-state index contributed by atoms with van der Waals surface area (Å²) in [6.07, 6.45) is 3.89. The van der Waals surface area contributed by atoms with Crippen LogP contribution in [0.4, 0.5) is 0 Å². The highest BCUT2D eigenvalue weighted by atomic mass is 32.2. The predicted molar refractivity (Wildman–Crippen MR) is 181 cm³/mol. The first-order chi connectivity index (χ1) is 21.0. The summed E-state index contributed by atoms with van der Waals surface area (Å²) in [5.41, 5.74) is 0.849. The van der Waals surface area contributed by atoms with Crippen molar-refractivity contribution in [1.82, 2.24) is 20.3 Å². The molecule has 3 rings (SSSR count). The van der Waals surface area contributed by atoms with Gasteiger partial charge < -0.3 is 15.5 Å². The Morgan fingerprint density at radius 3 is 2.16 bits per heavy atom. The van der Waals surface area contributed by atoms with Crippen LogP contribution in [0.15, 0.2) is 71.1 Å². The normalized spacial score (nSPS) is 17.7. The number of amides is 3. The molecule has 246 valence electrons. The van der Waals surface area contributed by atoms with Gasteiger partial charge >= 0.3 is 0 Å². The summed E-state index contributed by atoms with van der Waals surface area (Å²) < 4.78 is 27.9. The Bertz CT molecular complexity index is 1480. The molecule has 1 aliphatic heterocycles. The van der Waals surface area contributed by atoms with Gasteiger partial charge in [-0.2, -0.15) is 12.6 Å². The Morgan fingerprint density at radius 1 is 0.978 bits per heavy atom. The second-order valence-electron chi connectivity index (χ2n) is 13.3. The van der Waals surface area contributed by atoms with Crippen molar-refractivity contribution in [2.24, 2.45) is 5.41 Å². The molecule has 1 heterocycles. The van der Waals surface area contributed by atoms with Crippen LogP contribution in [-0.2, 0) is 35.6 Å². The quantitative estimate of drug-likeness (QED) is 0.211. The SMILES string of the molecule is CN[C@H](C(=O)N[C@H](C(=O)N1CCCCC1C=C(C)C(=O)NS(=O)(=O)c1ccc(CS)cc1)C(C)(C)C)C(C)(C)c1ccccc1. The standard InChI is InChI=1S/C34H48N4O5S2/c1-23(30(39)37-45(42,43)27-18-16-24(22-44)17-19-27)21-26-15-11-12-20-38(26)32(41)29(33(2,3)4)36-31(40)28(35-7)34(5,6)25-13-9-8-10-14-25/h8-10,13-14,16-19,21,26,28-29,35,44H,11-12,15,20,22H2,1-7H3,(H,36,40)(H,37,39)/t26?,28-,29-/m1/s1. The summed E-state index contributed by atoms with van der Waals surface area (Å²) >= 11 is 4.19. The van der Waals surface area contributed by atoms with Crippen molar-refractivity contribution in [3.63, 3.8) is 0 Å². The number of nitrogens with zero attached hydrogens (tertiary/aromatic N) is 1. The molecular weight excluding hydrogens is 609 g/mol. The number of likely N-dealkylation sites (tertiary alicyclic amines) is 1. The van der Waals surface area contributed by atoms with E-state index in [-0.39, 0.29) is 22.3 Å². The van der Waals surface area contributed by atoms with Crippen molar-refractivity contribution in [2.75, 3.05) is 13.6 Å². The molecule has 1 fully saturated rings. The van der Waals surface area contributed by atoms with Gasteiger partial charge in [0.05, 0.1) is 17.0 Å². The van der Waals surface area contributed by atoms with Crippen LogP contribution in [-0.4, -0.2) is 62.8 Å². The van der Waals surface area contributed by atoms with Gasteiger partial charge in [0.15, 0.2) is 0 Å². The first-order valence-corrected chi connectivity index (χ1v) is 17.4. The van der Waals surface area contributed by atoms with Gasteiger partial charge in [0.2, 0.25) is 11.8 Å². The van der Waals surface area contributed by atoms with Crippen molar-refractivity contribution in [3.8, 4) is 0 Å². The number of nitrogens with one attached hydrogen (secondary N) is 3. The fourth-order valence-electron chi connectivity index (χ4n) is 5.70. The maximum absolute atomic E-state index is 14.2. The van der Waals surface area contributed by atoms with Crippen LogP contribution in [0.1, 0.15) is 71.9 Å². The van der Waals surface area contributed by atoms with Gasteiger partial charge in [-0.25, -0.2) is 13.1 Å². The Labute approximate surface area is 274 Å². The van der Waals surface area contributed by atoms with E-state index in [1.165, 1.54) is 19.1 Å². The minimum atomic E-state index is -4.09. The summed E-state index contributed by atoms with van der Waals surface area (Å²) in [5, 5.41) is 6.21. The van der Waals surface area contributed by atoms with Crippen LogP contribution < -0.4 is 15.4 Å². The molecule has 45 heavy (non-hydrogen) atoms. The molecule has 2 aromatic rings. The molecule has 3 amide bonds. The number of carbonyl (C=O) groups is 3. The first-order valence-electron chi connectivity index (χ1n) is 15.3. The lowest BCUT2D eigenvalue weighted by Crippen LogP contribution is -2.62. The number of piperidine rings is 1.